The predicted octanol–water partition coefficient (Wildman–Crippen LogP) is 5.23. The Kier molecular flexibility index (Phi) is 6.57. The van der Waals surface area contributed by atoms with Crippen LogP contribution in [0, 0.1) is 0 Å². The second kappa shape index (κ2) is 8.43. The molecule has 2 rings (SSSR count). The maximum atomic E-state index is 6.15. The lowest BCUT2D eigenvalue weighted by atomic mass is 10.2. The van der Waals surface area contributed by atoms with Gasteiger partial charge in [-0.25, -0.2) is 0 Å². The molecule has 0 aliphatic carbocycles. The molecule has 0 saturated carbocycles. The zero-order valence-electron chi connectivity index (χ0n) is 11.7. The predicted molar refractivity (Wildman–Crippen MR) is 97.6 cm³/mol. The van der Waals surface area contributed by atoms with E-state index in [0.717, 1.165) is 9.90 Å². The molecule has 2 aromatic rings. The highest BCUT2D eigenvalue weighted by Gasteiger charge is 2.11. The van der Waals surface area contributed by atoms with Gasteiger partial charge in [-0.2, -0.15) is 0 Å². The summed E-state index contributed by atoms with van der Waals surface area (Å²) in [5, 5.41) is 10.2. The molecule has 0 atom stereocenters. The SMILES string of the molecule is C=N/C(=C\N=C/C)c1nnc(SCc2c(Cl)cccc2Cl)s1. The van der Waals surface area contributed by atoms with Gasteiger partial charge in [-0.3, -0.25) is 9.98 Å². The third kappa shape index (κ3) is 4.39. The Morgan fingerprint density at radius 1 is 1.36 bits per heavy atom. The minimum atomic E-state index is 0.596. The zero-order valence-corrected chi connectivity index (χ0v) is 14.8. The third-order valence-electron chi connectivity index (χ3n) is 2.54. The number of nitrogens with zero attached hydrogens (tertiary/aromatic N) is 4. The van der Waals surface area contributed by atoms with E-state index >= 15 is 0 Å². The van der Waals surface area contributed by atoms with Crippen molar-refractivity contribution < 1.29 is 0 Å². The Balaban J connectivity index is 2.11. The second-order valence-corrected chi connectivity index (χ2v) is 6.96. The molecule has 114 valence electrons. The maximum Gasteiger partial charge on any atom is 0.175 e. The van der Waals surface area contributed by atoms with Crippen molar-refractivity contribution in [2.75, 3.05) is 0 Å². The molecule has 0 aliphatic rings. The maximum absolute atomic E-state index is 6.15. The number of hydrogen-bond donors (Lipinski definition) is 0. The summed E-state index contributed by atoms with van der Waals surface area (Å²) in [4.78, 5) is 7.93. The highest BCUT2D eigenvalue weighted by molar-refractivity contribution is 8.00. The monoisotopic (exact) mass is 370 g/mol. The first-order valence-corrected chi connectivity index (χ1v) is 8.75. The molecule has 22 heavy (non-hydrogen) atoms. The Morgan fingerprint density at radius 3 is 2.73 bits per heavy atom. The van der Waals surface area contributed by atoms with Crippen LogP contribution < -0.4 is 0 Å². The van der Waals surface area contributed by atoms with Crippen molar-refractivity contribution in [1.29, 1.82) is 0 Å². The van der Waals surface area contributed by atoms with Gasteiger partial charge in [0.2, 0.25) is 0 Å². The zero-order chi connectivity index (χ0) is 15.9. The summed E-state index contributed by atoms with van der Waals surface area (Å²) in [7, 11) is 0. The topological polar surface area (TPSA) is 50.5 Å². The summed E-state index contributed by atoms with van der Waals surface area (Å²) in [5.41, 5.74) is 1.49. The van der Waals surface area contributed by atoms with Crippen LogP contribution >= 0.6 is 46.3 Å². The van der Waals surface area contributed by atoms with Gasteiger partial charge in [-0.1, -0.05) is 52.4 Å². The summed E-state index contributed by atoms with van der Waals surface area (Å²) in [6, 6.07) is 5.46. The van der Waals surface area contributed by atoms with Crippen LogP contribution in [0.3, 0.4) is 0 Å². The molecule has 1 heterocycles. The molecule has 0 amide bonds. The Labute approximate surface area is 147 Å². The number of benzene rings is 1. The van der Waals surface area contributed by atoms with Gasteiger partial charge < -0.3 is 0 Å². The van der Waals surface area contributed by atoms with Crippen LogP contribution in [0.4, 0.5) is 0 Å². The van der Waals surface area contributed by atoms with Crippen LogP contribution in [0.2, 0.25) is 10.0 Å². The quantitative estimate of drug-likeness (QED) is 0.516. The van der Waals surface area contributed by atoms with Gasteiger partial charge in [-0.05, 0) is 31.3 Å². The number of hydrogen-bond acceptors (Lipinski definition) is 6. The smallest absolute Gasteiger partial charge is 0.175 e. The van der Waals surface area contributed by atoms with Crippen molar-refractivity contribution in [1.82, 2.24) is 10.2 Å². The third-order valence-corrected chi connectivity index (χ3v) is 5.36. The summed E-state index contributed by atoms with van der Waals surface area (Å²) in [6.07, 6.45) is 3.27. The van der Waals surface area contributed by atoms with Crippen molar-refractivity contribution >= 4 is 64.9 Å². The number of rotatable bonds is 6. The summed E-state index contributed by atoms with van der Waals surface area (Å²) in [6.45, 7) is 5.35. The first-order valence-electron chi connectivity index (χ1n) is 6.20. The summed E-state index contributed by atoms with van der Waals surface area (Å²) >= 11 is 15.3. The normalized spacial score (nSPS) is 12.0. The van der Waals surface area contributed by atoms with Gasteiger partial charge in [0.1, 0.15) is 5.70 Å². The first kappa shape index (κ1) is 17.1. The fraction of sp³-hybridized carbons (Fsp3) is 0.143. The molecule has 0 spiro atoms. The minimum Gasteiger partial charge on any atom is -0.267 e. The lowest BCUT2D eigenvalue weighted by Crippen LogP contribution is -1.84. The van der Waals surface area contributed by atoms with Crippen LogP contribution in [-0.4, -0.2) is 23.1 Å². The minimum absolute atomic E-state index is 0.596. The average Bonchev–Trinajstić information content (AvgIpc) is 2.96. The van der Waals surface area contributed by atoms with E-state index in [9.17, 15) is 0 Å². The molecule has 4 nitrogen and oxygen atoms in total. The summed E-state index contributed by atoms with van der Waals surface area (Å²) < 4.78 is 0.806. The fourth-order valence-electron chi connectivity index (χ4n) is 1.48. The van der Waals surface area contributed by atoms with E-state index in [1.54, 1.807) is 12.4 Å². The van der Waals surface area contributed by atoms with Crippen molar-refractivity contribution in [3.63, 3.8) is 0 Å². The first-order chi connectivity index (χ1) is 10.7. The Bertz CT molecular complexity index is 705. The molecule has 1 aromatic carbocycles. The number of thioether (sulfide) groups is 1. The molecule has 8 heteroatoms. The fourth-order valence-corrected chi connectivity index (χ4v) is 4.05. The van der Waals surface area contributed by atoms with Gasteiger partial charge in [0.25, 0.3) is 0 Å². The van der Waals surface area contributed by atoms with Crippen LogP contribution in [-0.2, 0) is 5.75 Å². The lowest BCUT2D eigenvalue weighted by Gasteiger charge is -2.04. The van der Waals surface area contributed by atoms with Crippen LogP contribution in [0.15, 0.2) is 38.7 Å². The van der Waals surface area contributed by atoms with Gasteiger partial charge in [0.15, 0.2) is 9.35 Å². The van der Waals surface area contributed by atoms with Gasteiger partial charge >= 0.3 is 0 Å². The van der Waals surface area contributed by atoms with Crippen molar-refractivity contribution in [3.8, 4) is 0 Å². The molecule has 0 saturated heterocycles. The van der Waals surface area contributed by atoms with Crippen LogP contribution in [0.25, 0.3) is 5.70 Å². The molecule has 0 aliphatic heterocycles. The lowest BCUT2D eigenvalue weighted by molar-refractivity contribution is 0.997. The van der Waals surface area contributed by atoms with Gasteiger partial charge in [-0.15, -0.1) is 10.2 Å². The average molecular weight is 371 g/mol. The van der Waals surface area contributed by atoms with Crippen LogP contribution in [0.5, 0.6) is 0 Å². The van der Waals surface area contributed by atoms with E-state index < -0.39 is 0 Å². The van der Waals surface area contributed by atoms with Crippen LogP contribution in [0.1, 0.15) is 17.5 Å². The molecule has 1 aromatic heterocycles. The van der Waals surface area contributed by atoms with Crippen molar-refractivity contribution in [3.05, 3.63) is 45.0 Å². The van der Waals surface area contributed by atoms with Crippen molar-refractivity contribution in [2.24, 2.45) is 9.98 Å². The van der Waals surface area contributed by atoms with E-state index in [1.807, 2.05) is 25.1 Å². The molecule has 0 unspecified atom stereocenters. The number of aromatic nitrogens is 2. The van der Waals surface area contributed by atoms with Gasteiger partial charge in [0, 0.05) is 22.0 Å². The largest absolute Gasteiger partial charge is 0.267 e. The number of halogens is 2. The second-order valence-electron chi connectivity index (χ2n) is 3.94. The number of aliphatic imine (C=N–C) groups is 2. The molecule has 0 N–H and O–H groups in total. The highest BCUT2D eigenvalue weighted by Crippen LogP contribution is 2.33. The Hall–Kier alpha value is -1.21. The van der Waals surface area contributed by atoms with E-state index in [4.69, 9.17) is 23.2 Å². The van der Waals surface area contributed by atoms with E-state index in [2.05, 4.69) is 26.9 Å². The van der Waals surface area contributed by atoms with Gasteiger partial charge in [0.05, 0.1) is 6.20 Å². The van der Waals surface area contributed by atoms with E-state index in [0.29, 0.717) is 26.5 Å². The molecular weight excluding hydrogens is 359 g/mol. The standard InChI is InChI=1S/C14H12Cl2N4S2/c1-3-18-7-12(17-2)13-19-20-14(22-13)21-8-9-10(15)5-4-6-11(9)16/h3-7H,2,8H2,1H3/b12-7-,18-3-. The molecule has 0 fully saturated rings. The van der Waals surface area contributed by atoms with E-state index in [1.165, 1.54) is 23.1 Å². The highest BCUT2D eigenvalue weighted by atomic mass is 35.5. The van der Waals surface area contributed by atoms with E-state index in [-0.39, 0.29) is 0 Å². The summed E-state index contributed by atoms with van der Waals surface area (Å²) in [5.74, 6) is 0.626. The molecular formula is C14H12Cl2N4S2. The van der Waals surface area contributed by atoms with Crippen molar-refractivity contribution in [2.45, 2.75) is 17.0 Å². The Morgan fingerprint density at radius 2 is 2.09 bits per heavy atom. The molecule has 0 bridgehead atoms. The molecule has 0 radical (unpaired) electrons.